The van der Waals surface area contributed by atoms with Crippen molar-refractivity contribution in [2.24, 2.45) is 0 Å². The maximum absolute atomic E-state index is 4.72. The molecular weight excluding hydrogens is 775 g/mol. The van der Waals surface area contributed by atoms with Crippen LogP contribution in [0.1, 0.15) is 33.4 Å². The van der Waals surface area contributed by atoms with E-state index in [0.29, 0.717) is 0 Å². The summed E-state index contributed by atoms with van der Waals surface area (Å²) in [5.41, 5.74) is 13.1. The zero-order chi connectivity index (χ0) is 32.4. The number of benzene rings is 4. The van der Waals surface area contributed by atoms with Crippen LogP contribution in [0.5, 0.6) is 0 Å². The first kappa shape index (κ1) is 33.9. The Morgan fingerprint density at radius 2 is 0.898 bits per heavy atom. The van der Waals surface area contributed by atoms with Gasteiger partial charge in [-0.25, -0.2) is 0 Å². The van der Waals surface area contributed by atoms with E-state index in [1.165, 1.54) is 27.8 Å². The third-order valence-electron chi connectivity index (χ3n) is 8.46. The predicted octanol–water partition coefficient (Wildman–Crippen LogP) is 9.23. The molecule has 0 saturated heterocycles. The van der Waals surface area contributed by atoms with Crippen molar-refractivity contribution in [1.29, 1.82) is 0 Å². The second-order valence-corrected chi connectivity index (χ2v) is 11.9. The molecule has 3 heterocycles. The van der Waals surface area contributed by atoms with Crippen LogP contribution in [0.4, 0.5) is 0 Å². The fourth-order valence-corrected chi connectivity index (χ4v) is 5.82. The zero-order valence-corrected chi connectivity index (χ0v) is 29.5. The number of pyridine rings is 3. The molecular formula is C45H34IrN3-5. The van der Waals surface area contributed by atoms with Gasteiger partial charge >= 0.3 is 0 Å². The number of nitrogens with zero attached hydrogens (tertiary/aromatic N) is 3. The Kier molecular flexibility index (Phi) is 11.7. The molecule has 243 valence electrons. The van der Waals surface area contributed by atoms with E-state index in [9.17, 15) is 0 Å². The first-order chi connectivity index (χ1) is 23.7. The van der Waals surface area contributed by atoms with E-state index < -0.39 is 0 Å². The minimum Gasteiger partial charge on any atom is -0.372 e. The largest absolute Gasteiger partial charge is 0.372 e. The summed E-state index contributed by atoms with van der Waals surface area (Å²) in [6.45, 7) is 0. The van der Waals surface area contributed by atoms with Crippen LogP contribution in [0.3, 0.4) is 0 Å². The Morgan fingerprint density at radius 1 is 0.429 bits per heavy atom. The van der Waals surface area contributed by atoms with Crippen LogP contribution in [-0.4, -0.2) is 15.0 Å². The van der Waals surface area contributed by atoms with Crippen molar-refractivity contribution in [2.75, 3.05) is 0 Å². The average Bonchev–Trinajstić information content (AvgIpc) is 3.17. The smallest absolute Gasteiger partial charge is 0.0192 e. The van der Waals surface area contributed by atoms with Crippen LogP contribution in [-0.2, 0) is 58.6 Å². The fraction of sp³-hybridized carbons (Fsp3) is 0.133. The SMILES string of the molecule is [Ir].[c-]1nc(-c2[c-]cccc2)ccc1CCc1[c-]c(CCc2ccc(-c3[c-]cccc3)nc2)cc(CCc2ccc(-c3[c-]cccc3)nc2)c1. The summed E-state index contributed by atoms with van der Waals surface area (Å²) in [6, 6.07) is 54.7. The average molecular weight is 809 g/mol. The van der Waals surface area contributed by atoms with Gasteiger partial charge in [0.1, 0.15) is 0 Å². The van der Waals surface area contributed by atoms with Crippen molar-refractivity contribution in [3.8, 4) is 33.8 Å². The van der Waals surface area contributed by atoms with Crippen molar-refractivity contribution >= 4 is 0 Å². The molecule has 0 unspecified atom stereocenters. The molecule has 0 N–H and O–H groups in total. The van der Waals surface area contributed by atoms with E-state index >= 15 is 0 Å². The molecule has 7 rings (SSSR count). The fourth-order valence-electron chi connectivity index (χ4n) is 5.82. The summed E-state index contributed by atoms with van der Waals surface area (Å²) in [7, 11) is 0. The van der Waals surface area contributed by atoms with Crippen LogP contribution in [0, 0.1) is 30.5 Å². The molecule has 3 nitrogen and oxygen atoms in total. The van der Waals surface area contributed by atoms with Crippen LogP contribution in [0.2, 0.25) is 0 Å². The minimum atomic E-state index is 0. The molecule has 4 aromatic carbocycles. The Bertz CT molecular complexity index is 1770. The standard InChI is InChI=1S/C45H34N3.Ir/c1-4-10-40(11-5-1)43-25-22-34(31-46-43)16-19-37-28-38(20-17-35-23-26-44(47-32-35)41-12-6-2-7-13-41)30-39(29-37)21-18-36-24-27-45(48-33-36)42-14-8-3-9-15-42;/h1-10,12,14,22-29,31-32H,16-21H2;/q-5;. The molecule has 0 aliphatic heterocycles. The molecule has 7 aromatic rings. The van der Waals surface area contributed by atoms with Crippen molar-refractivity contribution in [2.45, 2.75) is 38.5 Å². The topological polar surface area (TPSA) is 38.7 Å². The van der Waals surface area contributed by atoms with E-state index in [-0.39, 0.29) is 20.1 Å². The van der Waals surface area contributed by atoms with Gasteiger partial charge in [-0.15, -0.1) is 119 Å². The maximum atomic E-state index is 4.72. The van der Waals surface area contributed by atoms with E-state index in [2.05, 4.69) is 84.0 Å². The Hall–Kier alpha value is -5.02. The summed E-state index contributed by atoms with van der Waals surface area (Å²) >= 11 is 0. The van der Waals surface area contributed by atoms with Gasteiger partial charge in [0.2, 0.25) is 0 Å². The van der Waals surface area contributed by atoms with Gasteiger partial charge in [-0.1, -0.05) is 30.5 Å². The first-order valence-electron chi connectivity index (χ1n) is 16.5. The molecule has 4 heteroatoms. The summed E-state index contributed by atoms with van der Waals surface area (Å²) in [6.07, 6.45) is 12.6. The molecule has 0 saturated carbocycles. The zero-order valence-electron chi connectivity index (χ0n) is 27.1. The van der Waals surface area contributed by atoms with Crippen molar-refractivity contribution < 1.29 is 20.1 Å². The normalized spacial score (nSPS) is 10.8. The maximum Gasteiger partial charge on any atom is 0.0192 e. The monoisotopic (exact) mass is 809 g/mol. The van der Waals surface area contributed by atoms with Gasteiger partial charge in [0, 0.05) is 32.5 Å². The van der Waals surface area contributed by atoms with Crippen LogP contribution >= 0.6 is 0 Å². The summed E-state index contributed by atoms with van der Waals surface area (Å²) in [4.78, 5) is 14.0. The number of hydrogen-bond donors (Lipinski definition) is 0. The Labute approximate surface area is 303 Å². The van der Waals surface area contributed by atoms with Gasteiger partial charge in [0.15, 0.2) is 0 Å². The molecule has 0 aliphatic carbocycles. The second-order valence-electron chi connectivity index (χ2n) is 11.9. The van der Waals surface area contributed by atoms with Gasteiger partial charge in [-0.3, -0.25) is 0 Å². The van der Waals surface area contributed by atoms with Gasteiger partial charge in [-0.2, -0.15) is 41.0 Å². The molecule has 0 spiro atoms. The number of rotatable bonds is 12. The predicted molar refractivity (Wildman–Crippen MR) is 192 cm³/mol. The Balaban J connectivity index is 0.00000417. The first-order valence-corrected chi connectivity index (χ1v) is 16.5. The molecule has 0 fully saturated rings. The van der Waals surface area contributed by atoms with Gasteiger partial charge in [0.25, 0.3) is 0 Å². The van der Waals surface area contributed by atoms with Crippen molar-refractivity contribution in [3.05, 3.63) is 198 Å². The summed E-state index contributed by atoms with van der Waals surface area (Å²) in [5.74, 6) is 0. The minimum absolute atomic E-state index is 0. The second kappa shape index (κ2) is 16.9. The van der Waals surface area contributed by atoms with Crippen LogP contribution in [0.25, 0.3) is 33.8 Å². The number of aryl methyl sites for hydroxylation is 6. The van der Waals surface area contributed by atoms with Crippen LogP contribution < -0.4 is 0 Å². The van der Waals surface area contributed by atoms with E-state index in [0.717, 1.165) is 77.9 Å². The van der Waals surface area contributed by atoms with E-state index in [1.807, 2.05) is 85.2 Å². The molecule has 3 aromatic heterocycles. The Morgan fingerprint density at radius 3 is 1.37 bits per heavy atom. The van der Waals surface area contributed by atoms with Crippen molar-refractivity contribution in [1.82, 2.24) is 15.0 Å². The van der Waals surface area contributed by atoms with Crippen LogP contribution in [0.15, 0.2) is 134 Å². The molecule has 0 bridgehead atoms. The molecule has 1 radical (unpaired) electrons. The quantitative estimate of drug-likeness (QED) is 0.116. The molecule has 49 heavy (non-hydrogen) atoms. The third kappa shape index (κ3) is 9.32. The summed E-state index contributed by atoms with van der Waals surface area (Å²) < 4.78 is 0. The van der Waals surface area contributed by atoms with E-state index in [1.54, 1.807) is 0 Å². The molecule has 0 amide bonds. The van der Waals surface area contributed by atoms with Gasteiger partial charge in [-0.05, 0) is 66.7 Å². The summed E-state index contributed by atoms with van der Waals surface area (Å²) in [5, 5.41) is 0. The number of hydrogen-bond acceptors (Lipinski definition) is 3. The van der Waals surface area contributed by atoms with Gasteiger partial charge in [0.05, 0.1) is 0 Å². The van der Waals surface area contributed by atoms with Crippen molar-refractivity contribution in [3.63, 3.8) is 0 Å². The molecule has 0 atom stereocenters. The van der Waals surface area contributed by atoms with Gasteiger partial charge < -0.3 is 15.0 Å². The third-order valence-corrected chi connectivity index (χ3v) is 8.46. The van der Waals surface area contributed by atoms with E-state index in [4.69, 9.17) is 9.97 Å². The number of aromatic nitrogens is 3. The molecule has 0 aliphatic rings.